The molecule has 0 saturated heterocycles. The summed E-state index contributed by atoms with van der Waals surface area (Å²) in [6.45, 7) is 0. The molecule has 0 bridgehead atoms. The van der Waals surface area contributed by atoms with Gasteiger partial charge in [0.1, 0.15) is 5.75 Å². The van der Waals surface area contributed by atoms with Gasteiger partial charge >= 0.3 is 0 Å². The first-order valence-electron chi connectivity index (χ1n) is 6.07. The number of hydrogen-bond donors (Lipinski definition) is 5. The fourth-order valence-corrected chi connectivity index (χ4v) is 1.65. The van der Waals surface area contributed by atoms with Gasteiger partial charge in [-0.1, -0.05) is 18.2 Å². The van der Waals surface area contributed by atoms with E-state index in [1.807, 2.05) is 10.9 Å². The number of aromatic hydroxyl groups is 1. The average Bonchev–Trinajstić information content (AvgIpc) is 2.47. The molecule has 7 nitrogen and oxygen atoms in total. The summed E-state index contributed by atoms with van der Waals surface area (Å²) in [5.41, 5.74) is 4.94. The molecule has 7 heteroatoms. The quantitative estimate of drug-likeness (QED) is 0.215. The number of hydrazine groups is 2. The Labute approximate surface area is 116 Å². The fourth-order valence-electron chi connectivity index (χ4n) is 1.65. The molecule has 0 radical (unpaired) electrons. The maximum absolute atomic E-state index is 11.7. The highest BCUT2D eigenvalue weighted by molar-refractivity contribution is 5.97. The van der Waals surface area contributed by atoms with Crippen molar-refractivity contribution in [2.24, 2.45) is 11.7 Å². The Kier molecular flexibility index (Phi) is 6.21. The fraction of sp³-hybridized carbons (Fsp3) is 0.231. The number of phenols is 1. The summed E-state index contributed by atoms with van der Waals surface area (Å²) in [6.07, 6.45) is 2.52. The Morgan fingerprint density at radius 3 is 2.45 bits per heavy atom. The normalized spacial score (nSPS) is 11.0. The smallest absolute Gasteiger partial charge is 0.261 e. The zero-order chi connectivity index (χ0) is 15.0. The molecule has 1 rings (SSSR count). The van der Waals surface area contributed by atoms with Crippen molar-refractivity contribution in [3.63, 3.8) is 0 Å². The molecular weight excluding hydrogens is 260 g/mol. The second-order valence-electron chi connectivity index (χ2n) is 4.12. The van der Waals surface area contributed by atoms with Crippen molar-refractivity contribution in [1.29, 1.82) is 0 Å². The largest absolute Gasteiger partial charge is 0.507 e. The van der Waals surface area contributed by atoms with Gasteiger partial charge in [0.15, 0.2) is 0 Å². The molecule has 0 aliphatic heterocycles. The highest BCUT2D eigenvalue weighted by Gasteiger charge is 2.10. The van der Waals surface area contributed by atoms with Gasteiger partial charge in [0, 0.05) is 17.6 Å². The molecule has 2 amide bonds. The summed E-state index contributed by atoms with van der Waals surface area (Å²) in [5.74, 6) is 9.39. The van der Waals surface area contributed by atoms with E-state index in [1.54, 1.807) is 18.2 Å². The molecule has 0 aliphatic carbocycles. The minimum atomic E-state index is -0.457. The molecule has 0 aliphatic rings. The van der Waals surface area contributed by atoms with Gasteiger partial charge in [-0.3, -0.25) is 20.4 Å². The van der Waals surface area contributed by atoms with Crippen LogP contribution in [0.1, 0.15) is 24.8 Å². The Hall–Kier alpha value is -2.38. The number of nitrogens with two attached hydrogens (primary N) is 2. The van der Waals surface area contributed by atoms with E-state index in [1.165, 1.54) is 12.1 Å². The highest BCUT2D eigenvalue weighted by Crippen LogP contribution is 2.21. The molecule has 0 unspecified atom stereocenters. The minimum Gasteiger partial charge on any atom is -0.507 e. The van der Waals surface area contributed by atoms with Crippen molar-refractivity contribution < 1.29 is 14.7 Å². The molecule has 7 N–H and O–H groups in total. The van der Waals surface area contributed by atoms with Gasteiger partial charge in [-0.2, -0.15) is 0 Å². The Morgan fingerprint density at radius 1 is 1.15 bits per heavy atom. The number of benzene rings is 1. The third kappa shape index (κ3) is 4.71. The predicted molar refractivity (Wildman–Crippen MR) is 74.6 cm³/mol. The minimum absolute atomic E-state index is 0.0644. The lowest BCUT2D eigenvalue weighted by Gasteiger charge is -2.07. The number of phenolic OH excluding ortho intramolecular Hbond substituents is 1. The summed E-state index contributed by atoms with van der Waals surface area (Å²) < 4.78 is 0. The van der Waals surface area contributed by atoms with Crippen LogP contribution in [0.15, 0.2) is 29.8 Å². The third-order valence-electron chi connectivity index (χ3n) is 2.70. The van der Waals surface area contributed by atoms with Crippen LogP contribution < -0.4 is 22.5 Å². The maximum atomic E-state index is 11.7. The van der Waals surface area contributed by atoms with E-state index in [0.717, 1.165) is 0 Å². The summed E-state index contributed by atoms with van der Waals surface area (Å²) in [7, 11) is 0. The molecule has 20 heavy (non-hydrogen) atoms. The van der Waals surface area contributed by atoms with Crippen LogP contribution in [0, 0.1) is 0 Å². The van der Waals surface area contributed by atoms with Gasteiger partial charge in [-0.25, -0.2) is 11.7 Å². The maximum Gasteiger partial charge on any atom is 0.261 e. The number of amides is 2. The van der Waals surface area contributed by atoms with Crippen molar-refractivity contribution in [2.75, 3.05) is 0 Å². The first-order valence-corrected chi connectivity index (χ1v) is 6.07. The van der Waals surface area contributed by atoms with E-state index in [-0.39, 0.29) is 18.1 Å². The molecule has 0 fully saturated rings. The predicted octanol–water partition coefficient (Wildman–Crippen LogP) is -0.0743. The van der Waals surface area contributed by atoms with Crippen LogP contribution in [-0.2, 0) is 9.59 Å². The van der Waals surface area contributed by atoms with Gasteiger partial charge in [-0.05, 0) is 25.0 Å². The molecule has 1 aromatic rings. The van der Waals surface area contributed by atoms with E-state index in [4.69, 9.17) is 11.7 Å². The second kappa shape index (κ2) is 7.93. The average molecular weight is 278 g/mol. The molecule has 0 atom stereocenters. The van der Waals surface area contributed by atoms with Crippen LogP contribution >= 0.6 is 0 Å². The van der Waals surface area contributed by atoms with E-state index < -0.39 is 5.91 Å². The number of nitrogens with one attached hydrogen (secondary N) is 2. The standard InChI is InChI=1S/C13H18N4O3/c14-16-12(19)7-3-5-10(13(20)17-15)8-9-4-1-2-6-11(9)18/h1-2,4,6,8,18H,3,5,7,14-15H2,(H,16,19)(H,17,20). The van der Waals surface area contributed by atoms with Crippen molar-refractivity contribution >= 4 is 17.9 Å². The van der Waals surface area contributed by atoms with Gasteiger partial charge in [0.25, 0.3) is 5.91 Å². The zero-order valence-corrected chi connectivity index (χ0v) is 10.9. The first kappa shape index (κ1) is 15.7. The topological polar surface area (TPSA) is 130 Å². The Morgan fingerprint density at radius 2 is 1.85 bits per heavy atom. The van der Waals surface area contributed by atoms with Gasteiger partial charge in [-0.15, -0.1) is 0 Å². The molecule has 0 heterocycles. The van der Waals surface area contributed by atoms with Crippen LogP contribution in [0.4, 0.5) is 0 Å². The molecule has 1 aromatic carbocycles. The molecular formula is C13H18N4O3. The van der Waals surface area contributed by atoms with Gasteiger partial charge in [0.05, 0.1) is 0 Å². The van der Waals surface area contributed by atoms with Crippen molar-refractivity contribution in [3.8, 4) is 5.75 Å². The lowest BCUT2D eigenvalue weighted by Crippen LogP contribution is -2.32. The number of hydrogen-bond acceptors (Lipinski definition) is 5. The van der Waals surface area contributed by atoms with Gasteiger partial charge in [0.2, 0.25) is 5.91 Å². The zero-order valence-electron chi connectivity index (χ0n) is 10.9. The summed E-state index contributed by atoms with van der Waals surface area (Å²) >= 11 is 0. The number of carbonyl (C=O) groups is 2. The van der Waals surface area contributed by atoms with Crippen LogP contribution in [0.3, 0.4) is 0 Å². The molecule has 108 valence electrons. The molecule has 0 spiro atoms. The van der Waals surface area contributed by atoms with Crippen LogP contribution in [-0.4, -0.2) is 16.9 Å². The van der Waals surface area contributed by atoms with Crippen molar-refractivity contribution in [3.05, 3.63) is 35.4 Å². The van der Waals surface area contributed by atoms with Crippen LogP contribution in [0.5, 0.6) is 5.75 Å². The monoisotopic (exact) mass is 278 g/mol. The summed E-state index contributed by atoms with van der Waals surface area (Å²) in [5, 5.41) is 9.68. The first-order chi connectivity index (χ1) is 9.58. The SMILES string of the molecule is NNC(=O)CCCC(=Cc1ccccc1O)C(=O)NN. The number of carbonyl (C=O) groups excluding carboxylic acids is 2. The third-order valence-corrected chi connectivity index (χ3v) is 2.70. The van der Waals surface area contributed by atoms with E-state index in [0.29, 0.717) is 24.0 Å². The second-order valence-corrected chi connectivity index (χ2v) is 4.12. The van der Waals surface area contributed by atoms with E-state index in [2.05, 4.69) is 0 Å². The lowest BCUT2D eigenvalue weighted by molar-refractivity contribution is -0.121. The Bertz CT molecular complexity index is 514. The molecule has 0 saturated carbocycles. The van der Waals surface area contributed by atoms with Gasteiger partial charge < -0.3 is 5.11 Å². The lowest BCUT2D eigenvalue weighted by atomic mass is 10.0. The number of rotatable bonds is 6. The van der Waals surface area contributed by atoms with Crippen molar-refractivity contribution in [1.82, 2.24) is 10.9 Å². The van der Waals surface area contributed by atoms with Crippen molar-refractivity contribution in [2.45, 2.75) is 19.3 Å². The van der Waals surface area contributed by atoms with Crippen LogP contribution in [0.25, 0.3) is 6.08 Å². The van der Waals surface area contributed by atoms with E-state index >= 15 is 0 Å². The van der Waals surface area contributed by atoms with Crippen LogP contribution in [0.2, 0.25) is 0 Å². The number of para-hydroxylation sites is 1. The summed E-state index contributed by atoms with van der Waals surface area (Å²) in [6, 6.07) is 6.61. The summed E-state index contributed by atoms with van der Waals surface area (Å²) in [4.78, 5) is 22.7. The molecule has 0 aromatic heterocycles. The van der Waals surface area contributed by atoms with E-state index in [9.17, 15) is 14.7 Å². The Balaban J connectivity index is 2.82. The highest BCUT2D eigenvalue weighted by atomic mass is 16.3.